The molecule has 0 atom stereocenters. The maximum atomic E-state index is 11.9. The van der Waals surface area contributed by atoms with Crippen LogP contribution in [-0.2, 0) is 0 Å². The van der Waals surface area contributed by atoms with Crippen LogP contribution < -0.4 is 0 Å². The number of halogens is 3. The lowest BCUT2D eigenvalue weighted by atomic mass is 10.0. The Morgan fingerprint density at radius 2 is 0.875 bits per heavy atom. The highest BCUT2D eigenvalue weighted by atomic mass is 33.1. The second-order valence-corrected chi connectivity index (χ2v) is 9.13. The molecule has 0 nitrogen and oxygen atoms in total. The molecular weight excluding hydrogens is 349 g/mol. The molecule has 0 rings (SSSR count). The summed E-state index contributed by atoms with van der Waals surface area (Å²) in [4.78, 5) is 0. The quantitative estimate of drug-likeness (QED) is 0.170. The summed E-state index contributed by atoms with van der Waals surface area (Å²) < 4.78 is 35.7. The van der Waals surface area contributed by atoms with Crippen LogP contribution >= 0.6 is 21.6 Å². The van der Waals surface area contributed by atoms with Gasteiger partial charge >= 0.3 is 5.51 Å². The molecule has 0 amide bonds. The molecule has 0 fully saturated rings. The fourth-order valence-electron chi connectivity index (χ4n) is 2.82. The van der Waals surface area contributed by atoms with E-state index in [1.165, 1.54) is 89.9 Å². The molecule has 24 heavy (non-hydrogen) atoms. The Balaban J connectivity index is 3.00. The third-order valence-electron chi connectivity index (χ3n) is 4.23. The predicted octanol–water partition coefficient (Wildman–Crippen LogP) is 9.15. The van der Waals surface area contributed by atoms with Crippen LogP contribution in [0.15, 0.2) is 0 Å². The average molecular weight is 387 g/mol. The molecule has 0 aromatic rings. The molecule has 0 N–H and O–H groups in total. The van der Waals surface area contributed by atoms with E-state index in [4.69, 9.17) is 0 Å². The molecule has 0 radical (unpaired) electrons. The summed E-state index contributed by atoms with van der Waals surface area (Å²) in [6, 6.07) is 0. The molecule has 0 spiro atoms. The lowest BCUT2D eigenvalue weighted by molar-refractivity contribution is -0.0311. The highest BCUT2D eigenvalue weighted by Gasteiger charge is 2.28. The van der Waals surface area contributed by atoms with Crippen molar-refractivity contribution < 1.29 is 13.2 Å². The van der Waals surface area contributed by atoms with Crippen molar-refractivity contribution in [3.8, 4) is 0 Å². The second kappa shape index (κ2) is 18.3. The van der Waals surface area contributed by atoms with E-state index in [-0.39, 0.29) is 10.8 Å². The van der Waals surface area contributed by atoms with Crippen molar-refractivity contribution in [2.75, 3.05) is 5.75 Å². The molecular formula is C19H37F3S2. The Labute approximate surface area is 155 Å². The van der Waals surface area contributed by atoms with Crippen molar-refractivity contribution in [2.24, 2.45) is 0 Å². The van der Waals surface area contributed by atoms with Gasteiger partial charge in [0.2, 0.25) is 0 Å². The Kier molecular flexibility index (Phi) is 18.7. The van der Waals surface area contributed by atoms with Crippen LogP contribution in [0.3, 0.4) is 0 Å². The summed E-state index contributed by atoms with van der Waals surface area (Å²) in [6.07, 6.45) is 20.9. The summed E-state index contributed by atoms with van der Waals surface area (Å²) in [6.45, 7) is 2.26. The maximum Gasteiger partial charge on any atom is 0.452 e. The van der Waals surface area contributed by atoms with Gasteiger partial charge in [0, 0.05) is 16.5 Å². The summed E-state index contributed by atoms with van der Waals surface area (Å²) in [5.41, 5.74) is -4.08. The van der Waals surface area contributed by atoms with E-state index in [2.05, 4.69) is 6.92 Å². The summed E-state index contributed by atoms with van der Waals surface area (Å²) in [5, 5.41) is 0. The van der Waals surface area contributed by atoms with Gasteiger partial charge in [-0.2, -0.15) is 13.2 Å². The van der Waals surface area contributed by atoms with Gasteiger partial charge in [-0.15, -0.1) is 0 Å². The Hall–Kier alpha value is 0.490. The predicted molar refractivity (Wildman–Crippen MR) is 106 cm³/mol. The molecule has 0 saturated heterocycles. The molecule has 0 aliphatic carbocycles. The lowest BCUT2D eigenvalue weighted by Crippen LogP contribution is -1.96. The van der Waals surface area contributed by atoms with Crippen molar-refractivity contribution in [3.05, 3.63) is 0 Å². The van der Waals surface area contributed by atoms with E-state index in [9.17, 15) is 13.2 Å². The van der Waals surface area contributed by atoms with Gasteiger partial charge in [0.1, 0.15) is 0 Å². The molecule has 0 bridgehead atoms. The molecule has 0 aliphatic heterocycles. The summed E-state index contributed by atoms with van der Waals surface area (Å²) in [5.74, 6) is 0.614. The van der Waals surface area contributed by atoms with Crippen LogP contribution in [0.4, 0.5) is 13.2 Å². The third kappa shape index (κ3) is 22.5. The van der Waals surface area contributed by atoms with Crippen LogP contribution in [0.2, 0.25) is 0 Å². The van der Waals surface area contributed by atoms with Crippen molar-refractivity contribution in [2.45, 2.75) is 115 Å². The fourth-order valence-corrected chi connectivity index (χ4v) is 4.36. The van der Waals surface area contributed by atoms with Gasteiger partial charge in [-0.1, -0.05) is 114 Å². The minimum atomic E-state index is -4.08. The summed E-state index contributed by atoms with van der Waals surface area (Å²) in [7, 11) is 0.976. The molecule has 0 unspecified atom stereocenters. The molecule has 0 heterocycles. The number of hydrogen-bond donors (Lipinski definition) is 0. The zero-order valence-electron chi connectivity index (χ0n) is 15.5. The minimum Gasteiger partial charge on any atom is -0.160 e. The minimum absolute atomic E-state index is 0.0377. The number of unbranched alkanes of at least 4 members (excludes halogenated alkanes) is 15. The van der Waals surface area contributed by atoms with Crippen molar-refractivity contribution in [1.29, 1.82) is 0 Å². The van der Waals surface area contributed by atoms with Crippen LogP contribution in [0.1, 0.15) is 110 Å². The van der Waals surface area contributed by atoms with Gasteiger partial charge < -0.3 is 0 Å². The largest absolute Gasteiger partial charge is 0.452 e. The standard InChI is InChI=1S/C19H37F3S2/c1-2-3-4-5-6-7-8-9-10-11-12-13-14-15-16-17-18-23-24-19(20,21)22/h2-18H2,1H3. The monoisotopic (exact) mass is 386 g/mol. The lowest BCUT2D eigenvalue weighted by Gasteiger charge is -2.05. The summed E-state index contributed by atoms with van der Waals surface area (Å²) >= 11 is 0. The second-order valence-electron chi connectivity index (χ2n) is 6.65. The highest BCUT2D eigenvalue weighted by molar-refractivity contribution is 8.77. The fraction of sp³-hybridized carbons (Fsp3) is 1.00. The molecule has 0 aromatic carbocycles. The van der Waals surface area contributed by atoms with E-state index < -0.39 is 5.51 Å². The molecule has 5 heteroatoms. The van der Waals surface area contributed by atoms with E-state index in [0.29, 0.717) is 5.75 Å². The van der Waals surface area contributed by atoms with Crippen molar-refractivity contribution in [3.63, 3.8) is 0 Å². The molecule has 0 aromatic heterocycles. The smallest absolute Gasteiger partial charge is 0.160 e. The van der Waals surface area contributed by atoms with Crippen LogP contribution in [0.25, 0.3) is 0 Å². The average Bonchev–Trinajstić information content (AvgIpc) is 2.52. The van der Waals surface area contributed by atoms with Gasteiger partial charge in [-0.25, -0.2) is 0 Å². The van der Waals surface area contributed by atoms with Gasteiger partial charge in [0.05, 0.1) is 0 Å². The number of alkyl halides is 3. The Morgan fingerprint density at radius 3 is 1.21 bits per heavy atom. The van der Waals surface area contributed by atoms with Crippen molar-refractivity contribution in [1.82, 2.24) is 0 Å². The van der Waals surface area contributed by atoms with Gasteiger partial charge in [-0.3, -0.25) is 0 Å². The zero-order valence-corrected chi connectivity index (χ0v) is 17.1. The van der Waals surface area contributed by atoms with Gasteiger partial charge in [-0.05, 0) is 6.42 Å². The van der Waals surface area contributed by atoms with Crippen LogP contribution in [0, 0.1) is 0 Å². The van der Waals surface area contributed by atoms with E-state index in [0.717, 1.165) is 23.6 Å². The molecule has 146 valence electrons. The maximum absolute atomic E-state index is 11.9. The first-order valence-electron chi connectivity index (χ1n) is 9.93. The SMILES string of the molecule is CCCCCCCCCCCCCCCCCCSSC(F)(F)F. The Morgan fingerprint density at radius 1 is 0.542 bits per heavy atom. The van der Waals surface area contributed by atoms with E-state index in [1.807, 2.05) is 0 Å². The Bertz CT molecular complexity index is 245. The zero-order chi connectivity index (χ0) is 17.9. The number of hydrogen-bond acceptors (Lipinski definition) is 2. The molecule has 0 aliphatic rings. The van der Waals surface area contributed by atoms with Crippen LogP contribution in [0.5, 0.6) is 0 Å². The van der Waals surface area contributed by atoms with E-state index in [1.54, 1.807) is 0 Å². The van der Waals surface area contributed by atoms with Gasteiger partial charge in [0.25, 0.3) is 0 Å². The first-order chi connectivity index (χ1) is 11.6. The van der Waals surface area contributed by atoms with Gasteiger partial charge in [0.15, 0.2) is 0 Å². The number of rotatable bonds is 18. The third-order valence-corrected chi connectivity index (χ3v) is 6.42. The highest BCUT2D eigenvalue weighted by Crippen LogP contribution is 2.40. The first-order valence-corrected chi connectivity index (χ1v) is 12.3. The molecule has 0 saturated carbocycles. The normalized spacial score (nSPS) is 12.0. The van der Waals surface area contributed by atoms with E-state index >= 15 is 0 Å². The van der Waals surface area contributed by atoms with Crippen LogP contribution in [-0.4, -0.2) is 11.3 Å². The topological polar surface area (TPSA) is 0 Å². The first kappa shape index (κ1) is 24.5. The van der Waals surface area contributed by atoms with Crippen molar-refractivity contribution >= 4 is 21.6 Å².